The fraction of sp³-hybridized carbons (Fsp3) is 0.400. The number of nitrogens with zero attached hydrogens (tertiary/aromatic N) is 3. The average molecular weight is 258 g/mol. The molecule has 1 aromatic carbocycles. The van der Waals surface area contributed by atoms with Crippen molar-refractivity contribution in [2.75, 3.05) is 30.4 Å². The Morgan fingerprint density at radius 2 is 2.00 bits per heavy atom. The molecular formula is C15H22N4. The van der Waals surface area contributed by atoms with Crippen molar-refractivity contribution in [2.45, 2.75) is 13.3 Å². The molecule has 19 heavy (non-hydrogen) atoms. The molecule has 4 nitrogen and oxygen atoms in total. The summed E-state index contributed by atoms with van der Waals surface area (Å²) in [5.74, 6) is 0.944. The Balaban J connectivity index is 1.74. The van der Waals surface area contributed by atoms with Gasteiger partial charge in [0.2, 0.25) is 5.95 Å². The van der Waals surface area contributed by atoms with Crippen LogP contribution in [-0.2, 0) is 7.05 Å². The molecule has 0 unspecified atom stereocenters. The zero-order valence-corrected chi connectivity index (χ0v) is 11.9. The highest BCUT2D eigenvalue weighted by molar-refractivity contribution is 5.44. The molecule has 1 N–H and O–H groups in total. The van der Waals surface area contributed by atoms with Gasteiger partial charge in [-0.25, -0.2) is 4.98 Å². The zero-order valence-electron chi connectivity index (χ0n) is 11.9. The molecule has 0 radical (unpaired) electrons. The largest absolute Gasteiger partial charge is 0.375 e. The van der Waals surface area contributed by atoms with Gasteiger partial charge in [0.25, 0.3) is 0 Å². The molecule has 1 heterocycles. The zero-order chi connectivity index (χ0) is 13.7. The van der Waals surface area contributed by atoms with E-state index in [1.54, 1.807) is 0 Å². The molecule has 0 fully saturated rings. The molecule has 102 valence electrons. The van der Waals surface area contributed by atoms with Crippen molar-refractivity contribution in [1.82, 2.24) is 9.55 Å². The summed E-state index contributed by atoms with van der Waals surface area (Å²) < 4.78 is 2.02. The average Bonchev–Trinajstić information content (AvgIpc) is 2.74. The minimum atomic E-state index is 0.932. The number of rotatable bonds is 6. The van der Waals surface area contributed by atoms with Gasteiger partial charge in [-0.05, 0) is 25.5 Å². The van der Waals surface area contributed by atoms with Crippen LogP contribution in [0.25, 0.3) is 0 Å². The first-order valence-corrected chi connectivity index (χ1v) is 6.67. The van der Waals surface area contributed by atoms with Crippen LogP contribution in [0.2, 0.25) is 0 Å². The maximum Gasteiger partial charge on any atom is 0.202 e. The lowest BCUT2D eigenvalue weighted by Gasteiger charge is -2.19. The standard InChI is InChI=1S/C15H22N4/c1-13-12-19(3)15(17-13)16-10-7-11-18(2)14-8-5-4-6-9-14/h4-6,8-9,12H,7,10-11H2,1-3H3,(H,16,17). The molecule has 0 aliphatic heterocycles. The van der Waals surface area contributed by atoms with Crippen LogP contribution in [0.1, 0.15) is 12.1 Å². The van der Waals surface area contributed by atoms with Crippen LogP contribution >= 0.6 is 0 Å². The molecule has 0 aliphatic rings. The molecule has 0 saturated carbocycles. The SMILES string of the molecule is Cc1cn(C)c(NCCCN(C)c2ccccc2)n1. The maximum atomic E-state index is 4.42. The third-order valence-corrected chi connectivity index (χ3v) is 3.15. The van der Waals surface area contributed by atoms with E-state index in [2.05, 4.69) is 46.5 Å². The monoisotopic (exact) mass is 258 g/mol. The Hall–Kier alpha value is -1.97. The van der Waals surface area contributed by atoms with Gasteiger partial charge >= 0.3 is 0 Å². The summed E-state index contributed by atoms with van der Waals surface area (Å²) in [5.41, 5.74) is 2.31. The van der Waals surface area contributed by atoms with E-state index in [0.717, 1.165) is 31.2 Å². The van der Waals surface area contributed by atoms with Crippen LogP contribution < -0.4 is 10.2 Å². The number of benzene rings is 1. The van der Waals surface area contributed by atoms with E-state index in [1.807, 2.05) is 30.8 Å². The van der Waals surface area contributed by atoms with E-state index in [4.69, 9.17) is 0 Å². The van der Waals surface area contributed by atoms with Gasteiger partial charge in [0.15, 0.2) is 0 Å². The van der Waals surface area contributed by atoms with Gasteiger partial charge in [0.05, 0.1) is 5.69 Å². The topological polar surface area (TPSA) is 33.1 Å². The van der Waals surface area contributed by atoms with Crippen molar-refractivity contribution in [1.29, 1.82) is 0 Å². The number of aromatic nitrogens is 2. The molecular weight excluding hydrogens is 236 g/mol. The number of aryl methyl sites for hydroxylation is 2. The fourth-order valence-corrected chi connectivity index (χ4v) is 2.11. The second kappa shape index (κ2) is 6.27. The number of hydrogen-bond donors (Lipinski definition) is 1. The second-order valence-corrected chi connectivity index (χ2v) is 4.85. The number of imidazole rings is 1. The molecule has 0 bridgehead atoms. The molecule has 4 heteroatoms. The van der Waals surface area contributed by atoms with Crippen LogP contribution in [0.15, 0.2) is 36.5 Å². The lowest BCUT2D eigenvalue weighted by Crippen LogP contribution is -2.21. The lowest BCUT2D eigenvalue weighted by atomic mass is 10.3. The quantitative estimate of drug-likeness (QED) is 0.809. The first-order valence-electron chi connectivity index (χ1n) is 6.67. The maximum absolute atomic E-state index is 4.42. The summed E-state index contributed by atoms with van der Waals surface area (Å²) in [7, 11) is 4.14. The van der Waals surface area contributed by atoms with Crippen LogP contribution in [0.3, 0.4) is 0 Å². The van der Waals surface area contributed by atoms with Crippen LogP contribution in [0.4, 0.5) is 11.6 Å². The molecule has 0 atom stereocenters. The first kappa shape index (κ1) is 13.5. The highest BCUT2D eigenvalue weighted by Crippen LogP contribution is 2.11. The minimum absolute atomic E-state index is 0.932. The van der Waals surface area contributed by atoms with E-state index in [-0.39, 0.29) is 0 Å². The van der Waals surface area contributed by atoms with Gasteiger partial charge in [-0.1, -0.05) is 18.2 Å². The van der Waals surface area contributed by atoms with Crippen molar-refractivity contribution < 1.29 is 0 Å². The van der Waals surface area contributed by atoms with Crippen molar-refractivity contribution >= 4 is 11.6 Å². The number of hydrogen-bond acceptors (Lipinski definition) is 3. The highest BCUT2D eigenvalue weighted by atomic mass is 15.2. The van der Waals surface area contributed by atoms with Gasteiger partial charge in [-0.3, -0.25) is 0 Å². The van der Waals surface area contributed by atoms with Gasteiger partial charge < -0.3 is 14.8 Å². The van der Waals surface area contributed by atoms with Gasteiger partial charge in [0, 0.05) is 39.1 Å². The summed E-state index contributed by atoms with van der Waals surface area (Å²) in [6.07, 6.45) is 3.11. The van der Waals surface area contributed by atoms with E-state index in [9.17, 15) is 0 Å². The van der Waals surface area contributed by atoms with Crippen molar-refractivity contribution in [3.05, 3.63) is 42.2 Å². The summed E-state index contributed by atoms with van der Waals surface area (Å²) in [6, 6.07) is 10.5. The third-order valence-electron chi connectivity index (χ3n) is 3.15. The molecule has 2 aromatic rings. The Labute approximate surface area is 115 Å². The molecule has 0 amide bonds. The predicted octanol–water partition coefficient (Wildman–Crippen LogP) is 2.67. The summed E-state index contributed by atoms with van der Waals surface area (Å²) in [6.45, 7) is 3.97. The summed E-state index contributed by atoms with van der Waals surface area (Å²) in [4.78, 5) is 6.69. The third kappa shape index (κ3) is 3.74. The fourth-order valence-electron chi connectivity index (χ4n) is 2.11. The molecule has 0 spiro atoms. The van der Waals surface area contributed by atoms with Crippen molar-refractivity contribution in [2.24, 2.45) is 7.05 Å². The van der Waals surface area contributed by atoms with Crippen LogP contribution in [0.5, 0.6) is 0 Å². The van der Waals surface area contributed by atoms with E-state index < -0.39 is 0 Å². The van der Waals surface area contributed by atoms with Crippen LogP contribution in [0, 0.1) is 6.92 Å². The van der Waals surface area contributed by atoms with Crippen molar-refractivity contribution in [3.8, 4) is 0 Å². The molecule has 0 saturated heterocycles. The van der Waals surface area contributed by atoms with E-state index >= 15 is 0 Å². The Kier molecular flexibility index (Phi) is 4.44. The smallest absolute Gasteiger partial charge is 0.202 e. The number of anilines is 2. The first-order chi connectivity index (χ1) is 9.16. The normalized spacial score (nSPS) is 10.5. The van der Waals surface area contributed by atoms with Gasteiger partial charge in [0.1, 0.15) is 0 Å². The summed E-state index contributed by atoms with van der Waals surface area (Å²) in [5, 5.41) is 3.37. The highest BCUT2D eigenvalue weighted by Gasteiger charge is 2.02. The number of nitrogens with one attached hydrogen (secondary N) is 1. The van der Waals surface area contributed by atoms with Gasteiger partial charge in [-0.15, -0.1) is 0 Å². The van der Waals surface area contributed by atoms with Gasteiger partial charge in [-0.2, -0.15) is 0 Å². The van der Waals surface area contributed by atoms with Crippen LogP contribution in [-0.4, -0.2) is 29.7 Å². The van der Waals surface area contributed by atoms with E-state index in [1.165, 1.54) is 5.69 Å². The Morgan fingerprint density at radius 1 is 1.26 bits per heavy atom. The lowest BCUT2D eigenvalue weighted by molar-refractivity contribution is 0.801. The Morgan fingerprint density at radius 3 is 2.63 bits per heavy atom. The Bertz CT molecular complexity index is 504. The van der Waals surface area contributed by atoms with Crippen molar-refractivity contribution in [3.63, 3.8) is 0 Å². The summed E-state index contributed by atoms with van der Waals surface area (Å²) >= 11 is 0. The molecule has 1 aromatic heterocycles. The molecule has 2 rings (SSSR count). The second-order valence-electron chi connectivity index (χ2n) is 4.85. The van der Waals surface area contributed by atoms with E-state index in [0.29, 0.717) is 0 Å². The predicted molar refractivity (Wildman–Crippen MR) is 80.8 cm³/mol. The molecule has 0 aliphatic carbocycles. The number of para-hydroxylation sites is 1. The minimum Gasteiger partial charge on any atom is -0.375 e.